The summed E-state index contributed by atoms with van der Waals surface area (Å²) in [7, 11) is 0. The molecule has 0 nitrogen and oxygen atoms in total. The minimum absolute atomic E-state index is 0.896. The van der Waals surface area contributed by atoms with E-state index in [4.69, 9.17) is 0 Å². The van der Waals surface area contributed by atoms with Gasteiger partial charge in [-0.05, 0) is 62.2 Å². The second-order valence-electron chi connectivity index (χ2n) is 7.18. The van der Waals surface area contributed by atoms with Crippen LogP contribution in [0.15, 0.2) is 11.6 Å². The highest BCUT2D eigenvalue weighted by Gasteiger charge is 2.30. The molecule has 0 spiro atoms. The first-order chi connectivity index (χ1) is 8.84. The van der Waals surface area contributed by atoms with Crippen molar-refractivity contribution in [2.75, 3.05) is 0 Å². The number of fused-ring (bicyclic) bond motifs is 1. The fourth-order valence-electron chi connectivity index (χ4n) is 4.84. The van der Waals surface area contributed by atoms with Crippen LogP contribution in [0.4, 0.5) is 0 Å². The Kier molecular flexibility index (Phi) is 4.11. The van der Waals surface area contributed by atoms with Crippen LogP contribution in [0.1, 0.15) is 77.6 Å². The molecule has 0 saturated heterocycles. The Hall–Kier alpha value is -0.260. The van der Waals surface area contributed by atoms with Crippen molar-refractivity contribution in [1.29, 1.82) is 0 Å². The van der Waals surface area contributed by atoms with E-state index < -0.39 is 0 Å². The van der Waals surface area contributed by atoms with E-state index in [1.165, 1.54) is 70.6 Å². The zero-order valence-electron chi connectivity index (χ0n) is 12.2. The third kappa shape index (κ3) is 2.68. The normalized spacial score (nSPS) is 35.7. The van der Waals surface area contributed by atoms with Gasteiger partial charge in [0.1, 0.15) is 0 Å². The average Bonchev–Trinajstić information content (AvgIpc) is 2.47. The van der Waals surface area contributed by atoms with E-state index in [1.54, 1.807) is 0 Å². The molecule has 0 aromatic heterocycles. The molecular formula is C18H30. The fourth-order valence-corrected chi connectivity index (χ4v) is 4.84. The smallest absolute Gasteiger partial charge is 0.0202 e. The molecule has 0 aliphatic heterocycles. The lowest BCUT2D eigenvalue weighted by Crippen LogP contribution is -2.25. The van der Waals surface area contributed by atoms with Gasteiger partial charge in [0.25, 0.3) is 0 Å². The monoisotopic (exact) mass is 246 g/mol. The van der Waals surface area contributed by atoms with Crippen LogP contribution in [0.25, 0.3) is 0 Å². The van der Waals surface area contributed by atoms with E-state index >= 15 is 0 Å². The molecule has 0 aromatic carbocycles. The molecule has 0 heterocycles. The van der Waals surface area contributed by atoms with Crippen LogP contribution in [-0.4, -0.2) is 0 Å². The molecule has 2 fully saturated rings. The molecule has 102 valence electrons. The Morgan fingerprint density at radius 2 is 1.61 bits per heavy atom. The SMILES string of the molecule is CC(C1=CC2CCCCC2CC1)C1CCCCC1. The van der Waals surface area contributed by atoms with Crippen LogP contribution < -0.4 is 0 Å². The van der Waals surface area contributed by atoms with Gasteiger partial charge in [-0.3, -0.25) is 0 Å². The Morgan fingerprint density at radius 3 is 2.44 bits per heavy atom. The fraction of sp³-hybridized carbons (Fsp3) is 0.889. The van der Waals surface area contributed by atoms with Crippen LogP contribution in [0.2, 0.25) is 0 Å². The Labute approximate surface area is 113 Å². The van der Waals surface area contributed by atoms with Gasteiger partial charge in [0.2, 0.25) is 0 Å². The Balaban J connectivity index is 1.65. The number of hydrogen-bond acceptors (Lipinski definition) is 0. The van der Waals surface area contributed by atoms with Crippen LogP contribution in [-0.2, 0) is 0 Å². The van der Waals surface area contributed by atoms with Crippen molar-refractivity contribution in [2.45, 2.75) is 77.6 Å². The van der Waals surface area contributed by atoms with Crippen molar-refractivity contribution in [2.24, 2.45) is 23.7 Å². The first kappa shape index (κ1) is 12.8. The second kappa shape index (κ2) is 5.80. The first-order valence-electron chi connectivity index (χ1n) is 8.55. The van der Waals surface area contributed by atoms with E-state index in [2.05, 4.69) is 13.0 Å². The van der Waals surface area contributed by atoms with Crippen molar-refractivity contribution in [3.8, 4) is 0 Å². The van der Waals surface area contributed by atoms with Crippen molar-refractivity contribution >= 4 is 0 Å². The van der Waals surface area contributed by atoms with Gasteiger partial charge in [-0.2, -0.15) is 0 Å². The summed E-state index contributed by atoms with van der Waals surface area (Å²) in [6.45, 7) is 2.53. The minimum Gasteiger partial charge on any atom is -0.0817 e. The zero-order valence-corrected chi connectivity index (χ0v) is 12.2. The maximum atomic E-state index is 2.74. The van der Waals surface area contributed by atoms with E-state index in [0.717, 1.165) is 23.7 Å². The molecule has 0 radical (unpaired) electrons. The van der Waals surface area contributed by atoms with Crippen molar-refractivity contribution in [3.05, 3.63) is 11.6 Å². The predicted molar refractivity (Wildman–Crippen MR) is 78.5 cm³/mol. The van der Waals surface area contributed by atoms with Gasteiger partial charge in [-0.15, -0.1) is 0 Å². The highest BCUT2D eigenvalue weighted by Crippen LogP contribution is 2.43. The van der Waals surface area contributed by atoms with Crippen molar-refractivity contribution < 1.29 is 0 Å². The molecule has 3 unspecified atom stereocenters. The highest BCUT2D eigenvalue weighted by atomic mass is 14.4. The molecular weight excluding hydrogens is 216 g/mol. The summed E-state index contributed by atoms with van der Waals surface area (Å²) in [5, 5.41) is 0. The van der Waals surface area contributed by atoms with Gasteiger partial charge < -0.3 is 0 Å². The third-order valence-corrected chi connectivity index (χ3v) is 6.14. The van der Waals surface area contributed by atoms with Crippen molar-refractivity contribution in [1.82, 2.24) is 0 Å². The molecule has 0 heteroatoms. The summed E-state index contributed by atoms with van der Waals surface area (Å²) in [6, 6.07) is 0. The number of hydrogen-bond donors (Lipinski definition) is 0. The standard InChI is InChI=1S/C18H30/c1-14(15-7-3-2-4-8-15)17-12-11-16-9-5-6-10-18(16)13-17/h13-16,18H,2-12H2,1H3. The summed E-state index contributed by atoms with van der Waals surface area (Å²) in [6.07, 6.45) is 19.2. The van der Waals surface area contributed by atoms with E-state index in [-0.39, 0.29) is 0 Å². The molecule has 0 N–H and O–H groups in total. The third-order valence-electron chi connectivity index (χ3n) is 6.14. The van der Waals surface area contributed by atoms with Crippen LogP contribution in [0.3, 0.4) is 0 Å². The van der Waals surface area contributed by atoms with Crippen LogP contribution >= 0.6 is 0 Å². The number of rotatable bonds is 2. The first-order valence-corrected chi connectivity index (χ1v) is 8.55. The summed E-state index contributed by atoms with van der Waals surface area (Å²) < 4.78 is 0. The van der Waals surface area contributed by atoms with Crippen LogP contribution in [0, 0.1) is 23.7 Å². The summed E-state index contributed by atoms with van der Waals surface area (Å²) in [4.78, 5) is 0. The molecule has 2 saturated carbocycles. The molecule has 3 rings (SSSR count). The predicted octanol–water partition coefficient (Wildman–Crippen LogP) is 5.73. The lowest BCUT2D eigenvalue weighted by Gasteiger charge is -2.38. The largest absolute Gasteiger partial charge is 0.0817 e. The average molecular weight is 246 g/mol. The van der Waals surface area contributed by atoms with Gasteiger partial charge in [0.05, 0.1) is 0 Å². The summed E-state index contributed by atoms with van der Waals surface area (Å²) in [5.74, 6) is 3.94. The quantitative estimate of drug-likeness (QED) is 0.546. The molecule has 0 aromatic rings. The Morgan fingerprint density at radius 1 is 0.889 bits per heavy atom. The maximum absolute atomic E-state index is 2.74. The van der Waals surface area contributed by atoms with Gasteiger partial charge in [-0.25, -0.2) is 0 Å². The van der Waals surface area contributed by atoms with E-state index in [9.17, 15) is 0 Å². The van der Waals surface area contributed by atoms with E-state index in [1.807, 2.05) is 5.57 Å². The topological polar surface area (TPSA) is 0 Å². The summed E-state index contributed by atoms with van der Waals surface area (Å²) >= 11 is 0. The molecule has 3 aliphatic rings. The van der Waals surface area contributed by atoms with Crippen LogP contribution in [0.5, 0.6) is 0 Å². The minimum atomic E-state index is 0.896. The van der Waals surface area contributed by atoms with Crippen molar-refractivity contribution in [3.63, 3.8) is 0 Å². The lowest BCUT2D eigenvalue weighted by atomic mass is 9.68. The molecule has 0 bridgehead atoms. The molecule has 3 aliphatic carbocycles. The zero-order chi connectivity index (χ0) is 12.4. The molecule has 18 heavy (non-hydrogen) atoms. The summed E-state index contributed by atoms with van der Waals surface area (Å²) in [5.41, 5.74) is 1.85. The molecule has 3 atom stereocenters. The van der Waals surface area contributed by atoms with E-state index in [0.29, 0.717) is 0 Å². The van der Waals surface area contributed by atoms with Gasteiger partial charge in [0.15, 0.2) is 0 Å². The number of allylic oxidation sites excluding steroid dienone is 2. The Bertz CT molecular complexity index is 295. The molecule has 0 amide bonds. The second-order valence-corrected chi connectivity index (χ2v) is 7.18. The van der Waals surface area contributed by atoms with Gasteiger partial charge in [0, 0.05) is 0 Å². The maximum Gasteiger partial charge on any atom is -0.0202 e. The van der Waals surface area contributed by atoms with Gasteiger partial charge in [-0.1, -0.05) is 50.7 Å². The highest BCUT2D eigenvalue weighted by molar-refractivity contribution is 5.14. The lowest BCUT2D eigenvalue weighted by molar-refractivity contribution is 0.233. The van der Waals surface area contributed by atoms with Gasteiger partial charge >= 0.3 is 0 Å².